The Morgan fingerprint density at radius 3 is 2.62 bits per heavy atom. The van der Waals surface area contributed by atoms with Gasteiger partial charge in [-0.1, -0.05) is 6.92 Å². The molecule has 0 aliphatic rings. The second kappa shape index (κ2) is 5.46. The molecule has 1 unspecified atom stereocenters. The fraction of sp³-hybridized carbons (Fsp3) is 0.750. The Labute approximate surface area is 97.5 Å². The molecule has 0 spiro atoms. The highest BCUT2D eigenvalue weighted by Crippen LogP contribution is 2.15. The number of aryl methyl sites for hydroxylation is 2. The lowest BCUT2D eigenvalue weighted by Crippen LogP contribution is -2.43. The number of aliphatic hydroxyl groups is 1. The van der Waals surface area contributed by atoms with Crippen LogP contribution in [0, 0.1) is 13.8 Å². The van der Waals surface area contributed by atoms with Gasteiger partial charge < -0.3 is 15.4 Å². The van der Waals surface area contributed by atoms with Gasteiger partial charge in [-0.2, -0.15) is 0 Å². The van der Waals surface area contributed by atoms with Crippen molar-refractivity contribution in [2.24, 2.45) is 5.73 Å². The Kier molecular flexibility index (Phi) is 4.50. The van der Waals surface area contributed by atoms with Crippen molar-refractivity contribution in [2.75, 3.05) is 6.61 Å². The van der Waals surface area contributed by atoms with Crippen molar-refractivity contribution in [2.45, 2.75) is 52.1 Å². The quantitative estimate of drug-likeness (QED) is 0.768. The molecule has 1 atom stereocenters. The molecule has 0 saturated carbocycles. The van der Waals surface area contributed by atoms with Crippen molar-refractivity contribution >= 4 is 0 Å². The molecule has 0 aliphatic carbocycles. The fourth-order valence-electron chi connectivity index (χ4n) is 1.74. The zero-order valence-corrected chi connectivity index (χ0v) is 10.5. The minimum Gasteiger partial charge on any atom is -0.394 e. The summed E-state index contributed by atoms with van der Waals surface area (Å²) in [5, 5.41) is 9.20. The van der Waals surface area contributed by atoms with Gasteiger partial charge in [0, 0.05) is 17.8 Å². The number of nitrogens with two attached hydrogens (primary N) is 1. The van der Waals surface area contributed by atoms with E-state index < -0.39 is 5.54 Å². The lowest BCUT2D eigenvalue weighted by atomic mass is 9.93. The minimum absolute atomic E-state index is 0.0610. The molecule has 1 aromatic rings. The maximum atomic E-state index is 9.20. The Balaban J connectivity index is 2.44. The number of aliphatic hydroxyl groups excluding tert-OH is 1. The molecule has 0 amide bonds. The van der Waals surface area contributed by atoms with E-state index in [0.717, 1.165) is 31.5 Å². The third-order valence-corrected chi connectivity index (χ3v) is 3.44. The van der Waals surface area contributed by atoms with Gasteiger partial charge in [-0.15, -0.1) is 0 Å². The van der Waals surface area contributed by atoms with E-state index in [9.17, 15) is 5.11 Å². The number of rotatable bonds is 6. The van der Waals surface area contributed by atoms with Crippen molar-refractivity contribution in [3.05, 3.63) is 17.7 Å². The number of hydrogen-bond donors (Lipinski definition) is 2. The van der Waals surface area contributed by atoms with E-state index in [1.807, 2.05) is 20.2 Å². The van der Waals surface area contributed by atoms with Crippen molar-refractivity contribution in [3.63, 3.8) is 0 Å². The first-order valence-electron chi connectivity index (χ1n) is 5.90. The summed E-state index contributed by atoms with van der Waals surface area (Å²) in [6, 6.07) is 0. The Bertz CT molecular complexity index is 329. The molecule has 1 aromatic heterocycles. The predicted octanol–water partition coefficient (Wildman–Crippen LogP) is 1.38. The number of aromatic nitrogens is 2. The van der Waals surface area contributed by atoms with Crippen LogP contribution in [0.3, 0.4) is 0 Å². The topological polar surface area (TPSA) is 64.1 Å². The summed E-state index contributed by atoms with van der Waals surface area (Å²) in [6.45, 7) is 7.09. The van der Waals surface area contributed by atoms with Gasteiger partial charge in [0.1, 0.15) is 0 Å². The van der Waals surface area contributed by atoms with Crippen LogP contribution in [0.4, 0.5) is 0 Å². The van der Waals surface area contributed by atoms with Crippen molar-refractivity contribution in [3.8, 4) is 0 Å². The monoisotopic (exact) mass is 225 g/mol. The first-order chi connectivity index (χ1) is 7.52. The molecule has 4 nitrogen and oxygen atoms in total. The van der Waals surface area contributed by atoms with Crippen LogP contribution in [-0.2, 0) is 6.54 Å². The summed E-state index contributed by atoms with van der Waals surface area (Å²) < 4.78 is 2.14. The zero-order chi connectivity index (χ0) is 12.2. The predicted molar refractivity (Wildman–Crippen MR) is 65.2 cm³/mol. The fourth-order valence-corrected chi connectivity index (χ4v) is 1.74. The Morgan fingerprint density at radius 2 is 2.19 bits per heavy atom. The van der Waals surface area contributed by atoms with Gasteiger partial charge in [0.15, 0.2) is 0 Å². The molecule has 0 bridgehead atoms. The van der Waals surface area contributed by atoms with Gasteiger partial charge in [0.25, 0.3) is 0 Å². The average Bonchev–Trinajstić information content (AvgIpc) is 2.60. The molecule has 16 heavy (non-hydrogen) atoms. The maximum absolute atomic E-state index is 9.20. The van der Waals surface area contributed by atoms with Crippen molar-refractivity contribution in [1.82, 2.24) is 9.55 Å². The molecule has 0 aliphatic heterocycles. The van der Waals surface area contributed by atoms with E-state index in [4.69, 9.17) is 5.73 Å². The average molecular weight is 225 g/mol. The highest BCUT2D eigenvalue weighted by molar-refractivity contribution is 5.08. The third-order valence-electron chi connectivity index (χ3n) is 3.44. The standard InChI is InChI=1S/C12H23N3O/c1-4-12(13,8-16)6-5-7-15-9-14-10(2)11(15)3/h9,16H,4-8,13H2,1-3H3. The van der Waals surface area contributed by atoms with Crippen molar-refractivity contribution < 1.29 is 5.11 Å². The first-order valence-corrected chi connectivity index (χ1v) is 5.90. The highest BCUT2D eigenvalue weighted by atomic mass is 16.3. The number of nitrogens with zero attached hydrogens (tertiary/aromatic N) is 2. The summed E-state index contributed by atoms with van der Waals surface area (Å²) in [6.07, 6.45) is 4.50. The summed E-state index contributed by atoms with van der Waals surface area (Å²) >= 11 is 0. The second-order valence-corrected chi connectivity index (χ2v) is 4.59. The zero-order valence-electron chi connectivity index (χ0n) is 10.5. The van der Waals surface area contributed by atoms with E-state index >= 15 is 0 Å². The van der Waals surface area contributed by atoms with Gasteiger partial charge in [-0.3, -0.25) is 0 Å². The van der Waals surface area contributed by atoms with E-state index in [0.29, 0.717) is 0 Å². The molecule has 92 valence electrons. The van der Waals surface area contributed by atoms with Crippen LogP contribution in [0.15, 0.2) is 6.33 Å². The lowest BCUT2D eigenvalue weighted by Gasteiger charge is -2.25. The summed E-state index contributed by atoms with van der Waals surface area (Å²) in [7, 11) is 0. The first kappa shape index (κ1) is 13.2. The SMILES string of the molecule is CCC(N)(CO)CCCn1cnc(C)c1C. The number of hydrogen-bond acceptors (Lipinski definition) is 3. The molecule has 3 N–H and O–H groups in total. The maximum Gasteiger partial charge on any atom is 0.0951 e. The smallest absolute Gasteiger partial charge is 0.0951 e. The molecule has 0 fully saturated rings. The number of imidazole rings is 1. The molecule has 0 radical (unpaired) electrons. The Hall–Kier alpha value is -0.870. The molecule has 1 rings (SSSR count). The molecule has 1 heterocycles. The van der Waals surface area contributed by atoms with Crippen LogP contribution in [0.1, 0.15) is 37.6 Å². The lowest BCUT2D eigenvalue weighted by molar-refractivity contribution is 0.178. The van der Waals surface area contributed by atoms with Crippen LogP contribution in [0.5, 0.6) is 0 Å². The summed E-state index contributed by atoms with van der Waals surface area (Å²) in [5.41, 5.74) is 7.91. The van der Waals surface area contributed by atoms with E-state index in [1.165, 1.54) is 5.69 Å². The van der Waals surface area contributed by atoms with Gasteiger partial charge in [0.05, 0.1) is 18.6 Å². The largest absolute Gasteiger partial charge is 0.394 e. The molecular weight excluding hydrogens is 202 g/mol. The highest BCUT2D eigenvalue weighted by Gasteiger charge is 2.20. The summed E-state index contributed by atoms with van der Waals surface area (Å²) in [5.74, 6) is 0. The van der Waals surface area contributed by atoms with Crippen LogP contribution in [0.2, 0.25) is 0 Å². The van der Waals surface area contributed by atoms with Crippen LogP contribution >= 0.6 is 0 Å². The molecule has 0 saturated heterocycles. The van der Waals surface area contributed by atoms with Gasteiger partial charge in [0.2, 0.25) is 0 Å². The molecular formula is C12H23N3O. The molecule has 0 aromatic carbocycles. The van der Waals surface area contributed by atoms with E-state index in [1.54, 1.807) is 0 Å². The molecule has 4 heteroatoms. The normalized spacial score (nSPS) is 15.1. The van der Waals surface area contributed by atoms with Crippen molar-refractivity contribution in [1.29, 1.82) is 0 Å². The summed E-state index contributed by atoms with van der Waals surface area (Å²) in [4.78, 5) is 4.25. The van der Waals surface area contributed by atoms with Crippen LogP contribution < -0.4 is 5.73 Å². The minimum atomic E-state index is -0.413. The van der Waals surface area contributed by atoms with Gasteiger partial charge >= 0.3 is 0 Å². The van der Waals surface area contributed by atoms with E-state index in [2.05, 4.69) is 16.5 Å². The second-order valence-electron chi connectivity index (χ2n) is 4.59. The van der Waals surface area contributed by atoms with E-state index in [-0.39, 0.29) is 6.61 Å². The Morgan fingerprint density at radius 1 is 1.50 bits per heavy atom. The van der Waals surface area contributed by atoms with Gasteiger partial charge in [-0.05, 0) is 33.1 Å². The van der Waals surface area contributed by atoms with Crippen LogP contribution in [0.25, 0.3) is 0 Å². The third kappa shape index (κ3) is 3.06. The van der Waals surface area contributed by atoms with Crippen LogP contribution in [-0.4, -0.2) is 26.8 Å². The van der Waals surface area contributed by atoms with Gasteiger partial charge in [-0.25, -0.2) is 4.98 Å².